The van der Waals surface area contributed by atoms with Crippen LogP contribution < -0.4 is 15.1 Å². The lowest BCUT2D eigenvalue weighted by molar-refractivity contribution is -0.118. The van der Waals surface area contributed by atoms with Gasteiger partial charge >= 0.3 is 5.63 Å². The normalized spacial score (nSPS) is 13.7. The molecule has 2 heterocycles. The van der Waals surface area contributed by atoms with Crippen LogP contribution in [0, 0.1) is 23.7 Å². The third-order valence-electron chi connectivity index (χ3n) is 6.73. The van der Waals surface area contributed by atoms with Crippen molar-refractivity contribution in [1.29, 1.82) is 0 Å². The van der Waals surface area contributed by atoms with Crippen molar-refractivity contribution in [2.75, 3.05) is 13.7 Å². The summed E-state index contributed by atoms with van der Waals surface area (Å²) in [6.45, 7) is 9.12. The van der Waals surface area contributed by atoms with Gasteiger partial charge in [-0.2, -0.15) is 0 Å². The van der Waals surface area contributed by atoms with Crippen LogP contribution in [0.3, 0.4) is 0 Å². The van der Waals surface area contributed by atoms with Crippen LogP contribution in [0.4, 0.5) is 0 Å². The minimum Gasteiger partial charge on any atom is -0.495 e. The highest BCUT2D eigenvalue weighted by atomic mass is 16.5. The molecule has 2 N–H and O–H groups in total. The second-order valence-electron chi connectivity index (χ2n) is 10.3. The third-order valence-corrected chi connectivity index (χ3v) is 6.73. The Balaban J connectivity index is 1.63. The first-order chi connectivity index (χ1) is 20.2. The Kier molecular flexibility index (Phi) is 12.3. The predicted octanol–water partition coefficient (Wildman–Crippen LogP) is 5.92. The van der Waals surface area contributed by atoms with E-state index in [-0.39, 0.29) is 17.9 Å². The highest BCUT2D eigenvalue weighted by molar-refractivity contribution is 6.06. The van der Waals surface area contributed by atoms with Gasteiger partial charge in [0, 0.05) is 6.07 Å². The van der Waals surface area contributed by atoms with Gasteiger partial charge in [-0.1, -0.05) is 63.2 Å². The van der Waals surface area contributed by atoms with Crippen molar-refractivity contribution >= 4 is 21.9 Å². The first-order valence-corrected chi connectivity index (χ1v) is 14.2. The number of fused-ring (bicyclic) bond motifs is 2. The molecule has 0 radical (unpaired) electrons. The van der Waals surface area contributed by atoms with Crippen molar-refractivity contribution in [3.05, 3.63) is 59.7 Å². The van der Waals surface area contributed by atoms with Crippen molar-refractivity contribution in [1.82, 2.24) is 0 Å². The summed E-state index contributed by atoms with van der Waals surface area (Å²) in [5.74, 6) is 11.5. The Morgan fingerprint density at radius 1 is 1.02 bits per heavy atom. The number of rotatable bonds is 15. The minimum atomic E-state index is -1.13. The van der Waals surface area contributed by atoms with Crippen LogP contribution in [0.25, 0.3) is 21.9 Å². The highest BCUT2D eigenvalue weighted by Crippen LogP contribution is 2.42. The maximum atomic E-state index is 12.0. The lowest BCUT2D eigenvalue weighted by atomic mass is 10.0. The fourth-order valence-corrected chi connectivity index (χ4v) is 4.29. The molecule has 0 aliphatic rings. The molecule has 0 bridgehead atoms. The van der Waals surface area contributed by atoms with E-state index in [1.807, 2.05) is 6.08 Å². The van der Waals surface area contributed by atoms with Gasteiger partial charge in [-0.15, -0.1) is 0 Å². The summed E-state index contributed by atoms with van der Waals surface area (Å²) in [4.78, 5) is 12.0. The van der Waals surface area contributed by atoms with Gasteiger partial charge in [-0.3, -0.25) is 0 Å². The van der Waals surface area contributed by atoms with Crippen molar-refractivity contribution in [2.45, 2.75) is 83.2 Å². The molecule has 2 aromatic heterocycles. The summed E-state index contributed by atoms with van der Waals surface area (Å²) < 4.78 is 28.5. The number of hydrogen-bond donors (Lipinski definition) is 2. The molecular formula is C34H40O8. The number of aliphatic hydroxyl groups excluding tert-OH is 2. The number of aliphatic hydroxyl groups is 2. The molecule has 3 rings (SSSR count). The Morgan fingerprint density at radius 2 is 1.76 bits per heavy atom. The fourth-order valence-electron chi connectivity index (χ4n) is 4.29. The Hall–Kier alpha value is -3.95. The van der Waals surface area contributed by atoms with Crippen LogP contribution in [0.1, 0.15) is 59.3 Å². The molecular weight excluding hydrogens is 536 g/mol. The van der Waals surface area contributed by atoms with Gasteiger partial charge in [0.15, 0.2) is 11.2 Å². The summed E-state index contributed by atoms with van der Waals surface area (Å²) in [5, 5.41) is 22.2. The molecule has 0 aliphatic heterocycles. The van der Waals surface area contributed by atoms with E-state index in [4.69, 9.17) is 23.0 Å². The number of furan rings is 1. The van der Waals surface area contributed by atoms with Crippen LogP contribution in [0.5, 0.6) is 11.5 Å². The maximum Gasteiger partial charge on any atom is 0.336 e. The monoisotopic (exact) mass is 576 g/mol. The number of ether oxygens (including phenoxy) is 3. The van der Waals surface area contributed by atoms with Crippen LogP contribution in [-0.2, 0) is 4.74 Å². The lowest BCUT2D eigenvalue weighted by Gasteiger charge is -2.32. The van der Waals surface area contributed by atoms with Crippen molar-refractivity contribution < 1.29 is 33.3 Å². The molecule has 3 aromatic rings. The third kappa shape index (κ3) is 8.77. The second kappa shape index (κ2) is 15.9. The zero-order valence-electron chi connectivity index (χ0n) is 24.8. The molecule has 0 amide bonds. The number of hydrogen-bond acceptors (Lipinski definition) is 8. The summed E-state index contributed by atoms with van der Waals surface area (Å²) in [6, 6.07) is 4.60. The quantitative estimate of drug-likeness (QED) is 0.0993. The first-order valence-electron chi connectivity index (χ1n) is 14.2. The molecule has 1 aromatic carbocycles. The van der Waals surface area contributed by atoms with Gasteiger partial charge in [0.2, 0.25) is 5.75 Å². The topological polar surface area (TPSA) is 112 Å². The molecule has 0 saturated carbocycles. The average Bonchev–Trinajstić information content (AvgIpc) is 3.45. The minimum absolute atomic E-state index is 0.144. The van der Waals surface area contributed by atoms with E-state index in [1.54, 1.807) is 32.1 Å². The lowest BCUT2D eigenvalue weighted by Crippen LogP contribution is -2.44. The number of benzene rings is 1. The Bertz CT molecular complexity index is 1540. The summed E-state index contributed by atoms with van der Waals surface area (Å²) >= 11 is 0. The van der Waals surface area contributed by atoms with Crippen molar-refractivity contribution in [3.63, 3.8) is 0 Å². The molecule has 224 valence electrons. The van der Waals surface area contributed by atoms with Crippen LogP contribution in [-0.4, -0.2) is 47.8 Å². The second-order valence-corrected chi connectivity index (χ2v) is 10.3. The molecule has 8 heteroatoms. The predicted molar refractivity (Wildman–Crippen MR) is 164 cm³/mol. The van der Waals surface area contributed by atoms with Crippen LogP contribution in [0.15, 0.2) is 62.9 Å². The van der Waals surface area contributed by atoms with E-state index in [2.05, 4.69) is 37.2 Å². The zero-order chi connectivity index (χ0) is 30.5. The van der Waals surface area contributed by atoms with Crippen molar-refractivity contribution in [3.8, 4) is 35.2 Å². The Morgan fingerprint density at radius 3 is 2.50 bits per heavy atom. The summed E-state index contributed by atoms with van der Waals surface area (Å²) in [6.07, 6.45) is 10.7. The van der Waals surface area contributed by atoms with Crippen molar-refractivity contribution in [2.24, 2.45) is 0 Å². The summed E-state index contributed by atoms with van der Waals surface area (Å²) in [7, 11) is 1.51. The maximum absolute atomic E-state index is 12.0. The van der Waals surface area contributed by atoms with Gasteiger partial charge in [-0.25, -0.2) is 4.79 Å². The van der Waals surface area contributed by atoms with E-state index in [0.717, 1.165) is 12.8 Å². The van der Waals surface area contributed by atoms with Gasteiger partial charge in [0.25, 0.3) is 0 Å². The van der Waals surface area contributed by atoms with E-state index < -0.39 is 29.5 Å². The van der Waals surface area contributed by atoms with Crippen LogP contribution >= 0.6 is 0 Å². The SMILES string of the molecule is C=C[C@@H](C#CC#C[C@@H](O)/C=C\CCCCCCC)OC(C)(C)[C@H](O)COc1c2occc2c(OC)c2ccc(=O)oc12. The molecule has 0 aliphatic carbocycles. The average molecular weight is 577 g/mol. The van der Waals surface area contributed by atoms with Gasteiger partial charge in [0.1, 0.15) is 30.7 Å². The molecule has 0 spiro atoms. The van der Waals surface area contributed by atoms with E-state index in [1.165, 1.54) is 51.2 Å². The van der Waals surface area contributed by atoms with E-state index >= 15 is 0 Å². The van der Waals surface area contributed by atoms with Gasteiger partial charge in [0.05, 0.1) is 29.7 Å². The van der Waals surface area contributed by atoms with Crippen LogP contribution in [0.2, 0.25) is 0 Å². The fraction of sp³-hybridized carbons (Fsp3) is 0.441. The van der Waals surface area contributed by atoms with E-state index in [0.29, 0.717) is 22.1 Å². The highest BCUT2D eigenvalue weighted by Gasteiger charge is 2.32. The van der Waals surface area contributed by atoms with Gasteiger partial charge < -0.3 is 33.3 Å². The molecule has 0 fully saturated rings. The smallest absolute Gasteiger partial charge is 0.336 e. The largest absolute Gasteiger partial charge is 0.495 e. The number of unbranched alkanes of at least 4 members (excludes halogenated alkanes) is 5. The molecule has 0 unspecified atom stereocenters. The first kappa shape index (κ1) is 32.6. The molecule has 3 atom stereocenters. The van der Waals surface area contributed by atoms with Gasteiger partial charge in [-0.05, 0) is 56.7 Å². The molecule has 42 heavy (non-hydrogen) atoms. The number of methoxy groups -OCH3 is 1. The summed E-state index contributed by atoms with van der Waals surface area (Å²) in [5.41, 5.74) is -1.23. The molecule has 8 nitrogen and oxygen atoms in total. The molecule has 0 saturated heterocycles. The zero-order valence-corrected chi connectivity index (χ0v) is 24.8. The Labute approximate surface area is 246 Å². The van der Waals surface area contributed by atoms with E-state index in [9.17, 15) is 15.0 Å². The number of allylic oxidation sites excluding steroid dienone is 1. The standard InChI is InChI=1S/C34H40O8/c1-6-8-9-10-11-12-13-16-24(35)17-14-15-18-25(7-2)42-34(3,4)28(36)23-40-33-31-27(21-22-39-31)30(38-5)26-19-20-29(37)41-32(26)33/h7,13,16,19-22,24-25,28,35-36H,2,6,8-12,23H2,1,3-5H3/b16-13-/t24-,25-,28+/m0/s1.